The highest BCUT2D eigenvalue weighted by Gasteiger charge is 2.23. The Morgan fingerprint density at radius 3 is 1.95 bits per heavy atom. The lowest BCUT2D eigenvalue weighted by Gasteiger charge is -2.15. The fourth-order valence-electron chi connectivity index (χ4n) is 2.55. The Hall–Kier alpha value is -1.97. The van der Waals surface area contributed by atoms with Crippen LogP contribution < -0.4 is 5.32 Å². The van der Waals surface area contributed by atoms with Gasteiger partial charge in [0.25, 0.3) is 0 Å². The van der Waals surface area contributed by atoms with Gasteiger partial charge in [-0.05, 0) is 24.0 Å². The van der Waals surface area contributed by atoms with Crippen molar-refractivity contribution < 1.29 is 13.2 Å². The second-order valence-corrected chi connectivity index (χ2v) is 4.76. The van der Waals surface area contributed by atoms with Gasteiger partial charge in [-0.25, -0.2) is 13.2 Å². The molecule has 0 aliphatic heterocycles. The molecule has 0 bridgehead atoms. The van der Waals surface area contributed by atoms with E-state index in [4.69, 9.17) is 0 Å². The minimum atomic E-state index is -0.907. The molecular formula is C15H12F3N. The normalized spacial score (nSPS) is 14.5. The molecule has 0 aromatic heterocycles. The number of nitrogens with one attached hydrogen (secondary N) is 1. The Labute approximate surface area is 109 Å². The highest BCUT2D eigenvalue weighted by atomic mass is 19.1. The van der Waals surface area contributed by atoms with Gasteiger partial charge >= 0.3 is 0 Å². The standard InChI is InChI=1S/C15H12F3N/c16-11-7-13(17)15(14(18)8-11)19-12-5-9-3-1-2-4-10(9)6-12/h1-4,7-8,12,19H,5-6H2. The summed E-state index contributed by atoms with van der Waals surface area (Å²) in [6, 6.07) is 9.22. The summed E-state index contributed by atoms with van der Waals surface area (Å²) in [5.74, 6) is -2.70. The quantitative estimate of drug-likeness (QED) is 0.871. The fraction of sp³-hybridized carbons (Fsp3) is 0.200. The summed E-state index contributed by atoms with van der Waals surface area (Å²) in [6.07, 6.45) is 1.43. The van der Waals surface area contributed by atoms with E-state index in [-0.39, 0.29) is 11.7 Å². The lowest BCUT2D eigenvalue weighted by molar-refractivity contribution is 0.544. The predicted octanol–water partition coefficient (Wildman–Crippen LogP) is 3.68. The lowest BCUT2D eigenvalue weighted by atomic mass is 10.1. The average Bonchev–Trinajstić information content (AvgIpc) is 2.76. The summed E-state index contributed by atoms with van der Waals surface area (Å²) < 4.78 is 39.9. The van der Waals surface area contributed by atoms with Crippen LogP contribution >= 0.6 is 0 Å². The van der Waals surface area contributed by atoms with Crippen molar-refractivity contribution >= 4 is 5.69 Å². The zero-order valence-electron chi connectivity index (χ0n) is 10.1. The lowest BCUT2D eigenvalue weighted by Crippen LogP contribution is -2.21. The maximum absolute atomic E-state index is 13.6. The van der Waals surface area contributed by atoms with E-state index in [0.29, 0.717) is 25.0 Å². The van der Waals surface area contributed by atoms with Crippen LogP contribution in [0.2, 0.25) is 0 Å². The van der Waals surface area contributed by atoms with Crippen LogP contribution in [0.15, 0.2) is 36.4 Å². The minimum absolute atomic E-state index is 0.0631. The van der Waals surface area contributed by atoms with E-state index in [1.54, 1.807) is 0 Å². The average molecular weight is 263 g/mol. The topological polar surface area (TPSA) is 12.0 Å². The third kappa shape index (κ3) is 2.30. The molecule has 1 aliphatic carbocycles. The van der Waals surface area contributed by atoms with E-state index >= 15 is 0 Å². The number of fused-ring (bicyclic) bond motifs is 1. The van der Waals surface area contributed by atoms with Crippen LogP contribution in [0, 0.1) is 17.5 Å². The number of anilines is 1. The first kappa shape index (κ1) is 12.1. The molecule has 0 atom stereocenters. The van der Waals surface area contributed by atoms with E-state index in [9.17, 15) is 13.2 Å². The summed E-state index contributed by atoms with van der Waals surface area (Å²) in [5, 5.41) is 2.83. The smallest absolute Gasteiger partial charge is 0.152 e. The largest absolute Gasteiger partial charge is 0.377 e. The highest BCUT2D eigenvalue weighted by Crippen LogP contribution is 2.27. The molecule has 0 saturated heterocycles. The molecule has 4 heteroatoms. The van der Waals surface area contributed by atoms with Crippen molar-refractivity contribution in [3.05, 3.63) is 65.0 Å². The van der Waals surface area contributed by atoms with Crippen LogP contribution in [0.25, 0.3) is 0 Å². The number of rotatable bonds is 2. The monoisotopic (exact) mass is 263 g/mol. The van der Waals surface area contributed by atoms with Gasteiger partial charge in [-0.15, -0.1) is 0 Å². The van der Waals surface area contributed by atoms with Crippen LogP contribution in [-0.2, 0) is 12.8 Å². The number of hydrogen-bond acceptors (Lipinski definition) is 1. The zero-order valence-corrected chi connectivity index (χ0v) is 10.1. The Bertz CT molecular complexity index is 577. The van der Waals surface area contributed by atoms with Gasteiger partial charge in [-0.3, -0.25) is 0 Å². The summed E-state index contributed by atoms with van der Waals surface area (Å²) in [6.45, 7) is 0. The molecule has 0 amide bonds. The molecule has 2 aromatic rings. The van der Waals surface area contributed by atoms with E-state index in [0.717, 1.165) is 0 Å². The summed E-state index contributed by atoms with van der Waals surface area (Å²) >= 11 is 0. The molecule has 1 nitrogen and oxygen atoms in total. The van der Waals surface area contributed by atoms with Crippen molar-refractivity contribution in [3.8, 4) is 0 Å². The van der Waals surface area contributed by atoms with Crippen molar-refractivity contribution in [3.63, 3.8) is 0 Å². The van der Waals surface area contributed by atoms with Gasteiger partial charge in [0.2, 0.25) is 0 Å². The number of hydrogen-bond donors (Lipinski definition) is 1. The summed E-state index contributed by atoms with van der Waals surface area (Å²) in [4.78, 5) is 0. The molecule has 19 heavy (non-hydrogen) atoms. The summed E-state index contributed by atoms with van der Waals surface area (Å²) in [7, 11) is 0. The predicted molar refractivity (Wildman–Crippen MR) is 67.6 cm³/mol. The van der Waals surface area contributed by atoms with Crippen LogP contribution in [0.3, 0.4) is 0 Å². The van der Waals surface area contributed by atoms with Crippen LogP contribution in [-0.4, -0.2) is 6.04 Å². The van der Waals surface area contributed by atoms with E-state index in [2.05, 4.69) is 5.32 Å². The molecule has 0 fully saturated rings. The van der Waals surface area contributed by atoms with E-state index in [1.807, 2.05) is 24.3 Å². The SMILES string of the molecule is Fc1cc(F)c(NC2Cc3ccccc3C2)c(F)c1. The van der Waals surface area contributed by atoms with Crippen molar-refractivity contribution in [1.29, 1.82) is 0 Å². The zero-order chi connectivity index (χ0) is 13.4. The molecule has 0 heterocycles. The molecule has 1 aliphatic rings. The maximum Gasteiger partial charge on any atom is 0.152 e. The van der Waals surface area contributed by atoms with Gasteiger partial charge in [-0.1, -0.05) is 24.3 Å². The molecule has 1 N–H and O–H groups in total. The van der Waals surface area contributed by atoms with Crippen molar-refractivity contribution in [2.45, 2.75) is 18.9 Å². The minimum Gasteiger partial charge on any atom is -0.377 e. The molecular weight excluding hydrogens is 251 g/mol. The first-order valence-corrected chi connectivity index (χ1v) is 6.11. The molecule has 2 aromatic carbocycles. The second-order valence-electron chi connectivity index (χ2n) is 4.76. The number of halogens is 3. The van der Waals surface area contributed by atoms with Gasteiger partial charge < -0.3 is 5.32 Å². The Kier molecular flexibility index (Phi) is 2.93. The number of benzene rings is 2. The highest BCUT2D eigenvalue weighted by molar-refractivity contribution is 5.49. The first-order chi connectivity index (χ1) is 9.13. The van der Waals surface area contributed by atoms with Gasteiger partial charge in [0.1, 0.15) is 11.5 Å². The van der Waals surface area contributed by atoms with Crippen molar-refractivity contribution in [1.82, 2.24) is 0 Å². The molecule has 0 radical (unpaired) electrons. The third-order valence-electron chi connectivity index (χ3n) is 3.41. The molecule has 0 spiro atoms. The van der Waals surface area contributed by atoms with Gasteiger partial charge in [-0.2, -0.15) is 0 Å². The third-order valence-corrected chi connectivity index (χ3v) is 3.41. The van der Waals surface area contributed by atoms with Gasteiger partial charge in [0, 0.05) is 18.2 Å². The maximum atomic E-state index is 13.6. The van der Waals surface area contributed by atoms with Crippen LogP contribution in [0.1, 0.15) is 11.1 Å². The molecule has 98 valence electrons. The second kappa shape index (κ2) is 4.61. The Morgan fingerprint density at radius 1 is 0.895 bits per heavy atom. The van der Waals surface area contributed by atoms with E-state index < -0.39 is 17.5 Å². The first-order valence-electron chi connectivity index (χ1n) is 6.11. The van der Waals surface area contributed by atoms with Crippen molar-refractivity contribution in [2.75, 3.05) is 5.32 Å². The Morgan fingerprint density at radius 2 is 1.42 bits per heavy atom. The molecule has 0 saturated carbocycles. The Balaban J connectivity index is 1.82. The van der Waals surface area contributed by atoms with Gasteiger partial charge in [0.05, 0.1) is 0 Å². The van der Waals surface area contributed by atoms with Crippen molar-refractivity contribution in [2.24, 2.45) is 0 Å². The van der Waals surface area contributed by atoms with Crippen LogP contribution in [0.5, 0.6) is 0 Å². The van der Waals surface area contributed by atoms with Gasteiger partial charge in [0.15, 0.2) is 11.6 Å². The van der Waals surface area contributed by atoms with E-state index in [1.165, 1.54) is 11.1 Å². The fourth-order valence-corrected chi connectivity index (χ4v) is 2.55. The summed E-state index contributed by atoms with van der Waals surface area (Å²) in [5.41, 5.74) is 2.12. The molecule has 3 rings (SSSR count). The van der Waals surface area contributed by atoms with Crippen LogP contribution in [0.4, 0.5) is 18.9 Å². The molecule has 0 unspecified atom stereocenters.